The summed E-state index contributed by atoms with van der Waals surface area (Å²) in [5.74, 6) is 1.55. The molecule has 0 fully saturated rings. The first kappa shape index (κ1) is 27.5. The predicted octanol–water partition coefficient (Wildman–Crippen LogP) is 10.6. The topological polar surface area (TPSA) is 62.8 Å². The minimum atomic E-state index is -0.489. The molecular formula is C44H28N4O. The van der Waals surface area contributed by atoms with Crippen molar-refractivity contribution in [1.82, 2.24) is 10.3 Å². The summed E-state index contributed by atoms with van der Waals surface area (Å²) in [5, 5.41) is 12.9. The highest BCUT2D eigenvalue weighted by atomic mass is 16.3. The summed E-state index contributed by atoms with van der Waals surface area (Å²) in [6.45, 7) is 0. The van der Waals surface area contributed by atoms with Crippen LogP contribution in [-0.2, 0) is 0 Å². The van der Waals surface area contributed by atoms with Gasteiger partial charge in [-0.2, -0.15) is 0 Å². The fourth-order valence-corrected chi connectivity index (χ4v) is 7.30. The number of fused-ring (bicyclic) bond motifs is 8. The lowest BCUT2D eigenvalue weighted by Crippen LogP contribution is -2.36. The lowest BCUT2D eigenvalue weighted by Gasteiger charge is -2.22. The van der Waals surface area contributed by atoms with Crippen LogP contribution in [0.2, 0.25) is 0 Å². The summed E-state index contributed by atoms with van der Waals surface area (Å²) < 4.78 is 6.50. The molecule has 0 saturated carbocycles. The molecule has 5 nitrogen and oxygen atoms in total. The molecule has 1 aliphatic rings. The van der Waals surface area contributed by atoms with Crippen molar-refractivity contribution in [2.45, 2.75) is 6.17 Å². The van der Waals surface area contributed by atoms with Gasteiger partial charge < -0.3 is 9.73 Å². The van der Waals surface area contributed by atoms with Crippen molar-refractivity contribution in [3.8, 4) is 11.1 Å². The smallest absolute Gasteiger partial charge is 0.227 e. The highest BCUT2D eigenvalue weighted by Gasteiger charge is 2.25. The summed E-state index contributed by atoms with van der Waals surface area (Å²) in [5.41, 5.74) is 6.56. The van der Waals surface area contributed by atoms with Crippen LogP contribution in [0.15, 0.2) is 172 Å². The zero-order valence-electron chi connectivity index (χ0n) is 26.3. The Morgan fingerprint density at radius 3 is 1.90 bits per heavy atom. The fraction of sp³-hybridized carbons (Fsp3) is 0.0227. The molecule has 0 radical (unpaired) electrons. The minimum absolute atomic E-state index is 0.489. The van der Waals surface area contributed by atoms with Gasteiger partial charge in [0.1, 0.15) is 17.3 Å². The largest absolute Gasteiger partial charge is 0.438 e. The maximum absolute atomic E-state index is 6.50. The van der Waals surface area contributed by atoms with Gasteiger partial charge in [0.25, 0.3) is 0 Å². The lowest BCUT2D eigenvalue weighted by molar-refractivity contribution is 0.652. The predicted molar refractivity (Wildman–Crippen MR) is 201 cm³/mol. The third-order valence-electron chi connectivity index (χ3n) is 9.58. The van der Waals surface area contributed by atoms with Crippen molar-refractivity contribution in [2.75, 3.05) is 0 Å². The SMILES string of the molecule is c1ccc(C2=NC(c3ccnc4oc5cc(-c6cc7ccc8ccccc8c7c7ccccc67)ccc5c34)N=C(c3ccccc3)N2)cc1. The molecule has 5 heteroatoms. The van der Waals surface area contributed by atoms with E-state index >= 15 is 0 Å². The highest BCUT2D eigenvalue weighted by molar-refractivity contribution is 6.23. The first-order valence-corrected chi connectivity index (χ1v) is 16.5. The van der Waals surface area contributed by atoms with Gasteiger partial charge in [0.2, 0.25) is 5.71 Å². The van der Waals surface area contributed by atoms with Crippen LogP contribution >= 0.6 is 0 Å². The zero-order valence-corrected chi connectivity index (χ0v) is 26.3. The van der Waals surface area contributed by atoms with Crippen LogP contribution in [0, 0.1) is 0 Å². The van der Waals surface area contributed by atoms with E-state index in [2.05, 4.69) is 119 Å². The van der Waals surface area contributed by atoms with Crippen LogP contribution in [-0.4, -0.2) is 16.7 Å². The number of hydrogen-bond acceptors (Lipinski definition) is 5. The van der Waals surface area contributed by atoms with Crippen molar-refractivity contribution in [3.05, 3.63) is 175 Å². The van der Waals surface area contributed by atoms with Crippen LogP contribution in [0.1, 0.15) is 22.9 Å². The monoisotopic (exact) mass is 628 g/mol. The quantitative estimate of drug-likeness (QED) is 0.197. The van der Waals surface area contributed by atoms with Gasteiger partial charge in [0.15, 0.2) is 6.17 Å². The molecule has 9 aromatic rings. The molecule has 2 aromatic heterocycles. The second-order valence-electron chi connectivity index (χ2n) is 12.4. The molecule has 49 heavy (non-hydrogen) atoms. The maximum Gasteiger partial charge on any atom is 0.227 e. The molecule has 0 spiro atoms. The second kappa shape index (κ2) is 11.0. The van der Waals surface area contributed by atoms with Crippen molar-refractivity contribution in [1.29, 1.82) is 0 Å². The van der Waals surface area contributed by atoms with E-state index < -0.39 is 6.17 Å². The van der Waals surface area contributed by atoms with Gasteiger partial charge in [-0.3, -0.25) is 0 Å². The first-order valence-electron chi connectivity index (χ1n) is 16.5. The van der Waals surface area contributed by atoms with Crippen LogP contribution in [0.3, 0.4) is 0 Å². The number of hydrogen-bond donors (Lipinski definition) is 1. The Labute approximate surface area is 281 Å². The van der Waals surface area contributed by atoms with Crippen LogP contribution in [0.25, 0.3) is 65.5 Å². The molecule has 230 valence electrons. The standard InChI is InChI=1S/C44H28N4O/c1-3-12-28(13-4-1)41-46-42(29-14-5-2-6-15-29)48-43(47-41)36-23-24-45-44-40(36)35-22-21-30(26-38(35)49-44)37-25-31-20-19-27-11-7-8-16-32(27)39(31)34-18-10-9-17-33(34)37/h1-26,43H,(H,46,47,48). The number of nitrogens with one attached hydrogen (secondary N) is 1. The average Bonchev–Trinajstić information content (AvgIpc) is 3.56. The first-order chi connectivity index (χ1) is 24.3. The molecular weight excluding hydrogens is 601 g/mol. The lowest BCUT2D eigenvalue weighted by atomic mass is 9.90. The van der Waals surface area contributed by atoms with Crippen molar-refractivity contribution < 1.29 is 4.42 Å². The number of aliphatic imine (C=N–C) groups is 2. The molecule has 0 saturated heterocycles. The van der Waals surface area contributed by atoms with E-state index in [0.717, 1.165) is 50.3 Å². The number of nitrogens with zero attached hydrogens (tertiary/aromatic N) is 3. The Kier molecular flexibility index (Phi) is 6.18. The van der Waals surface area contributed by atoms with Crippen molar-refractivity contribution in [3.63, 3.8) is 0 Å². The third kappa shape index (κ3) is 4.51. The van der Waals surface area contributed by atoms with Crippen LogP contribution in [0.5, 0.6) is 0 Å². The van der Waals surface area contributed by atoms with E-state index in [1.165, 1.54) is 37.9 Å². The zero-order chi connectivity index (χ0) is 32.3. The maximum atomic E-state index is 6.50. The molecule has 1 N–H and O–H groups in total. The summed E-state index contributed by atoms with van der Waals surface area (Å²) in [4.78, 5) is 14.9. The summed E-state index contributed by atoms with van der Waals surface area (Å²) in [6, 6.07) is 53.0. The Balaban J connectivity index is 1.15. The van der Waals surface area contributed by atoms with Gasteiger partial charge in [-0.05, 0) is 67.7 Å². The van der Waals surface area contributed by atoms with E-state index in [0.29, 0.717) is 5.71 Å². The van der Waals surface area contributed by atoms with Crippen LogP contribution < -0.4 is 5.32 Å². The van der Waals surface area contributed by atoms with E-state index in [1.54, 1.807) is 6.20 Å². The van der Waals surface area contributed by atoms with E-state index in [1.807, 2.05) is 42.5 Å². The Bertz CT molecular complexity index is 2740. The molecule has 10 rings (SSSR count). The molecule has 0 bridgehead atoms. The van der Waals surface area contributed by atoms with Gasteiger partial charge in [0, 0.05) is 28.3 Å². The number of furan rings is 1. The number of aromatic nitrogens is 1. The van der Waals surface area contributed by atoms with Gasteiger partial charge in [-0.15, -0.1) is 0 Å². The molecule has 0 atom stereocenters. The second-order valence-corrected chi connectivity index (χ2v) is 12.4. The van der Waals surface area contributed by atoms with Gasteiger partial charge >= 0.3 is 0 Å². The molecule has 7 aromatic carbocycles. The van der Waals surface area contributed by atoms with Crippen molar-refractivity contribution >= 4 is 66.1 Å². The minimum Gasteiger partial charge on any atom is -0.438 e. The van der Waals surface area contributed by atoms with Gasteiger partial charge in [0.05, 0.1) is 5.39 Å². The van der Waals surface area contributed by atoms with E-state index in [9.17, 15) is 0 Å². The number of pyridine rings is 1. The molecule has 0 unspecified atom stereocenters. The molecule has 0 aliphatic carbocycles. The fourth-order valence-electron chi connectivity index (χ4n) is 7.30. The van der Waals surface area contributed by atoms with Crippen molar-refractivity contribution in [2.24, 2.45) is 9.98 Å². The number of amidine groups is 2. The van der Waals surface area contributed by atoms with Crippen LogP contribution in [0.4, 0.5) is 0 Å². The number of benzene rings is 7. The Morgan fingerprint density at radius 2 is 1.14 bits per heavy atom. The Hall–Kier alpha value is -6.59. The third-order valence-corrected chi connectivity index (χ3v) is 9.58. The molecule has 3 heterocycles. The normalized spacial score (nSPS) is 13.6. The molecule has 0 amide bonds. The van der Waals surface area contributed by atoms with E-state index in [-0.39, 0.29) is 0 Å². The highest BCUT2D eigenvalue weighted by Crippen LogP contribution is 2.41. The summed E-state index contributed by atoms with van der Waals surface area (Å²) in [6.07, 6.45) is 1.30. The number of rotatable bonds is 4. The molecule has 1 aliphatic heterocycles. The Morgan fingerprint density at radius 1 is 0.490 bits per heavy atom. The average molecular weight is 629 g/mol. The van der Waals surface area contributed by atoms with E-state index in [4.69, 9.17) is 14.4 Å². The van der Waals surface area contributed by atoms with Gasteiger partial charge in [-0.1, -0.05) is 127 Å². The summed E-state index contributed by atoms with van der Waals surface area (Å²) in [7, 11) is 0. The summed E-state index contributed by atoms with van der Waals surface area (Å²) >= 11 is 0. The van der Waals surface area contributed by atoms with Gasteiger partial charge in [-0.25, -0.2) is 15.0 Å².